The van der Waals surface area contributed by atoms with Crippen LogP contribution in [0.1, 0.15) is 39.0 Å². The van der Waals surface area contributed by atoms with Gasteiger partial charge in [0.15, 0.2) is 0 Å². The Balaban J connectivity index is 2.32. The summed E-state index contributed by atoms with van der Waals surface area (Å²) >= 11 is 0. The van der Waals surface area contributed by atoms with Crippen LogP contribution in [0.4, 0.5) is 0 Å². The van der Waals surface area contributed by atoms with E-state index < -0.39 is 0 Å². The molecule has 0 saturated heterocycles. The van der Waals surface area contributed by atoms with Crippen LogP contribution in [0.3, 0.4) is 0 Å². The Hall–Kier alpha value is -0.880. The maximum atomic E-state index is 5.60. The van der Waals surface area contributed by atoms with Crippen molar-refractivity contribution in [1.82, 2.24) is 0 Å². The zero-order valence-corrected chi connectivity index (χ0v) is 8.34. The van der Waals surface area contributed by atoms with Crippen LogP contribution in [0.15, 0.2) is 18.3 Å². The highest BCUT2D eigenvalue weighted by Crippen LogP contribution is 2.22. The van der Waals surface area contributed by atoms with Crippen LogP contribution in [-0.2, 0) is 9.47 Å². The molecule has 0 aromatic heterocycles. The lowest BCUT2D eigenvalue weighted by Gasteiger charge is -2.22. The van der Waals surface area contributed by atoms with Gasteiger partial charge in [-0.3, -0.25) is 0 Å². The van der Waals surface area contributed by atoms with Gasteiger partial charge >= 0.3 is 5.95 Å². The Bertz CT molecular complexity index is 186. The minimum atomic E-state index is 0.324. The molecule has 0 aliphatic heterocycles. The Kier molecular flexibility index (Phi) is 4.48. The molecule has 2 nitrogen and oxygen atoms in total. The standard InChI is InChI=1S/C11H18O2/c1-3-11(12-4-2)13-10-8-6-5-7-9-10/h10H,1,4-9H2,2H3. The van der Waals surface area contributed by atoms with Gasteiger partial charge in [0.05, 0.1) is 6.61 Å². The van der Waals surface area contributed by atoms with Crippen molar-refractivity contribution in [2.45, 2.75) is 45.1 Å². The van der Waals surface area contributed by atoms with Gasteiger partial charge in [0.25, 0.3) is 0 Å². The predicted molar refractivity (Wildman–Crippen MR) is 52.2 cm³/mol. The second-order valence-electron chi connectivity index (χ2n) is 3.28. The lowest BCUT2D eigenvalue weighted by atomic mass is 9.98. The Morgan fingerprint density at radius 1 is 1.38 bits per heavy atom. The largest absolute Gasteiger partial charge is 0.460 e. The van der Waals surface area contributed by atoms with Crippen LogP contribution in [-0.4, -0.2) is 12.7 Å². The summed E-state index contributed by atoms with van der Waals surface area (Å²) in [5.41, 5.74) is 2.67. The van der Waals surface area contributed by atoms with Crippen molar-refractivity contribution in [3.63, 3.8) is 0 Å². The first-order valence-corrected chi connectivity index (χ1v) is 5.06. The van der Waals surface area contributed by atoms with Crippen molar-refractivity contribution >= 4 is 0 Å². The molecule has 1 aliphatic rings. The van der Waals surface area contributed by atoms with Crippen molar-refractivity contribution in [3.8, 4) is 0 Å². The molecule has 0 atom stereocenters. The summed E-state index contributed by atoms with van der Waals surface area (Å²) in [5, 5.41) is 0. The third-order valence-corrected chi connectivity index (χ3v) is 2.25. The SMILES string of the molecule is C=C=C(OCC)OC1CCCCC1. The van der Waals surface area contributed by atoms with Gasteiger partial charge in [0, 0.05) is 0 Å². The zero-order valence-electron chi connectivity index (χ0n) is 8.34. The van der Waals surface area contributed by atoms with Crippen molar-refractivity contribution in [2.75, 3.05) is 6.61 Å². The second-order valence-corrected chi connectivity index (χ2v) is 3.28. The molecule has 1 rings (SSSR count). The average Bonchev–Trinajstić information content (AvgIpc) is 2.19. The lowest BCUT2D eigenvalue weighted by Crippen LogP contribution is -2.17. The van der Waals surface area contributed by atoms with E-state index in [9.17, 15) is 0 Å². The van der Waals surface area contributed by atoms with Gasteiger partial charge in [0.1, 0.15) is 6.10 Å². The average molecular weight is 182 g/mol. The van der Waals surface area contributed by atoms with E-state index in [0.717, 1.165) is 12.8 Å². The number of hydrogen-bond acceptors (Lipinski definition) is 2. The molecule has 1 saturated carbocycles. The van der Waals surface area contributed by atoms with Gasteiger partial charge in [-0.2, -0.15) is 0 Å². The number of ether oxygens (including phenoxy) is 2. The third-order valence-electron chi connectivity index (χ3n) is 2.25. The topological polar surface area (TPSA) is 18.5 Å². The molecule has 0 aromatic rings. The van der Waals surface area contributed by atoms with Crippen LogP contribution in [0.25, 0.3) is 0 Å². The first-order valence-electron chi connectivity index (χ1n) is 5.06. The molecule has 0 amide bonds. The molecular weight excluding hydrogens is 164 g/mol. The first-order chi connectivity index (χ1) is 6.36. The summed E-state index contributed by atoms with van der Waals surface area (Å²) < 4.78 is 10.8. The van der Waals surface area contributed by atoms with Gasteiger partial charge < -0.3 is 9.47 Å². The summed E-state index contributed by atoms with van der Waals surface area (Å²) in [7, 11) is 0. The molecule has 0 radical (unpaired) electrons. The molecule has 0 aromatic carbocycles. The molecule has 1 aliphatic carbocycles. The van der Waals surface area contributed by atoms with E-state index in [0.29, 0.717) is 18.7 Å². The monoisotopic (exact) mass is 182 g/mol. The smallest absolute Gasteiger partial charge is 0.327 e. The second kappa shape index (κ2) is 5.71. The molecule has 0 N–H and O–H groups in total. The van der Waals surface area contributed by atoms with Crippen LogP contribution in [0.2, 0.25) is 0 Å². The van der Waals surface area contributed by atoms with Crippen molar-refractivity contribution in [1.29, 1.82) is 0 Å². The molecule has 0 spiro atoms. The Morgan fingerprint density at radius 2 is 2.08 bits per heavy atom. The normalized spacial score (nSPS) is 17.6. The first kappa shape index (κ1) is 10.2. The van der Waals surface area contributed by atoms with Crippen LogP contribution >= 0.6 is 0 Å². The van der Waals surface area contributed by atoms with Crippen molar-refractivity contribution in [3.05, 3.63) is 18.3 Å². The van der Waals surface area contributed by atoms with Gasteiger partial charge in [0.2, 0.25) is 0 Å². The summed E-state index contributed by atoms with van der Waals surface area (Å²) in [4.78, 5) is 0. The van der Waals surface area contributed by atoms with Gasteiger partial charge in [-0.25, -0.2) is 0 Å². The minimum Gasteiger partial charge on any atom is -0.460 e. The number of rotatable bonds is 4. The van der Waals surface area contributed by atoms with E-state index in [1.54, 1.807) is 0 Å². The quantitative estimate of drug-likeness (QED) is 0.491. The van der Waals surface area contributed by atoms with Crippen LogP contribution < -0.4 is 0 Å². The van der Waals surface area contributed by atoms with E-state index in [2.05, 4.69) is 12.3 Å². The summed E-state index contributed by atoms with van der Waals surface area (Å²) in [6.07, 6.45) is 6.46. The van der Waals surface area contributed by atoms with E-state index in [1.807, 2.05) is 6.92 Å². The van der Waals surface area contributed by atoms with E-state index in [4.69, 9.17) is 9.47 Å². The Labute approximate surface area is 80.2 Å². The predicted octanol–water partition coefficient (Wildman–Crippen LogP) is 3.00. The molecule has 0 unspecified atom stereocenters. The molecule has 2 heteroatoms. The lowest BCUT2D eigenvalue weighted by molar-refractivity contribution is -0.0170. The third kappa shape index (κ3) is 3.56. The zero-order chi connectivity index (χ0) is 9.52. The van der Waals surface area contributed by atoms with Crippen molar-refractivity contribution < 1.29 is 9.47 Å². The molecule has 0 heterocycles. The molecular formula is C11H18O2. The maximum absolute atomic E-state index is 5.60. The summed E-state index contributed by atoms with van der Waals surface area (Å²) in [6, 6.07) is 0. The molecule has 1 fully saturated rings. The minimum absolute atomic E-state index is 0.324. The summed E-state index contributed by atoms with van der Waals surface area (Å²) in [6.45, 7) is 6.08. The highest BCUT2D eigenvalue weighted by molar-refractivity contribution is 4.80. The van der Waals surface area contributed by atoms with E-state index in [-0.39, 0.29) is 0 Å². The van der Waals surface area contributed by atoms with Gasteiger partial charge in [-0.1, -0.05) is 6.42 Å². The number of hydrogen-bond donors (Lipinski definition) is 0. The highest BCUT2D eigenvalue weighted by Gasteiger charge is 2.15. The summed E-state index contributed by atoms with van der Waals surface area (Å²) in [5.74, 6) is 0.467. The Morgan fingerprint density at radius 3 is 2.62 bits per heavy atom. The molecule has 13 heavy (non-hydrogen) atoms. The molecule has 0 bridgehead atoms. The highest BCUT2D eigenvalue weighted by atomic mass is 16.7. The fourth-order valence-corrected chi connectivity index (χ4v) is 1.59. The van der Waals surface area contributed by atoms with E-state index >= 15 is 0 Å². The fourth-order valence-electron chi connectivity index (χ4n) is 1.59. The van der Waals surface area contributed by atoms with E-state index in [1.165, 1.54) is 19.3 Å². The van der Waals surface area contributed by atoms with Crippen LogP contribution in [0, 0.1) is 0 Å². The van der Waals surface area contributed by atoms with Gasteiger partial charge in [-0.15, -0.1) is 0 Å². The maximum Gasteiger partial charge on any atom is 0.327 e. The van der Waals surface area contributed by atoms with Crippen molar-refractivity contribution in [2.24, 2.45) is 0 Å². The molecule has 74 valence electrons. The van der Waals surface area contributed by atoms with Crippen LogP contribution in [0.5, 0.6) is 0 Å². The van der Waals surface area contributed by atoms with Gasteiger partial charge in [-0.05, 0) is 44.9 Å². The fraction of sp³-hybridized carbons (Fsp3) is 0.727.